The number of aromatic nitrogens is 4. The van der Waals surface area contributed by atoms with Crippen molar-refractivity contribution in [2.45, 2.75) is 33.1 Å². The Morgan fingerprint density at radius 2 is 1.88 bits per heavy atom. The van der Waals surface area contributed by atoms with Gasteiger partial charge in [-0.3, -0.25) is 31.9 Å². The third-order valence-corrected chi connectivity index (χ3v) is 5.93. The van der Waals surface area contributed by atoms with Crippen molar-refractivity contribution in [2.75, 3.05) is 25.5 Å². The number of pyridine rings is 2. The molecule has 2 N–H and O–H groups in total. The monoisotopic (exact) mass is 570 g/mol. The van der Waals surface area contributed by atoms with Crippen molar-refractivity contribution >= 4 is 22.4 Å². The number of amides is 1. The summed E-state index contributed by atoms with van der Waals surface area (Å²) < 4.78 is 32.2. The fourth-order valence-electron chi connectivity index (χ4n) is 3.07. The first-order valence-electron chi connectivity index (χ1n) is 12.4. The number of nitrogens with one attached hydrogen (secondary N) is 2. The molecule has 0 radical (unpaired) electrons. The minimum absolute atomic E-state index is 0. The Labute approximate surface area is 255 Å². The number of carbonyl (C=O) groups is 1. The molecule has 1 saturated carbocycles. The Morgan fingerprint density at radius 1 is 1.15 bits per heavy atom. The molecular formula is C29H29F2LiN6O2S-2. The van der Waals surface area contributed by atoms with Gasteiger partial charge in [-0.25, -0.2) is 8.78 Å². The van der Waals surface area contributed by atoms with Gasteiger partial charge in [0, 0.05) is 28.9 Å². The second kappa shape index (κ2) is 16.7. The van der Waals surface area contributed by atoms with E-state index in [0.717, 1.165) is 43.2 Å². The fraction of sp³-hybridized carbons (Fsp3) is 0.310. The standard InChI is InChI=1S/C25H20F2N5O2S.C4H9N.Li/c1-14(2)4-8-16-10-17(18-11-20(23(26)27)29-13-21(18)34-3)19(12-28-16)24(33)30-25-32-31-22(35-25)9-7-15-5-6-15;1-3-5-4-2;/h10-13,15,23H,5-6H2,1-3H3,(H,30,32,33);5H,1-4H2;/q-1;-2;+1. The number of nitrogens with zero attached hydrogens (tertiary/aromatic N) is 4. The Balaban J connectivity index is 0.000000902. The van der Waals surface area contributed by atoms with Gasteiger partial charge in [-0.2, -0.15) is 5.92 Å². The van der Waals surface area contributed by atoms with Gasteiger partial charge in [-0.05, 0) is 30.9 Å². The Bertz CT molecular complexity index is 1440. The number of anilines is 1. The molecule has 0 aromatic carbocycles. The fourth-order valence-corrected chi connectivity index (χ4v) is 3.67. The van der Waals surface area contributed by atoms with E-state index in [-0.39, 0.29) is 40.9 Å². The topological polar surface area (TPSA) is 102 Å². The van der Waals surface area contributed by atoms with Gasteiger partial charge in [-0.1, -0.05) is 17.3 Å². The van der Waals surface area contributed by atoms with Crippen LogP contribution in [0.1, 0.15) is 59.9 Å². The van der Waals surface area contributed by atoms with E-state index in [1.54, 1.807) is 6.07 Å². The van der Waals surface area contributed by atoms with Crippen LogP contribution >= 0.6 is 11.3 Å². The molecule has 0 aliphatic heterocycles. The third kappa shape index (κ3) is 10.5. The van der Waals surface area contributed by atoms with Gasteiger partial charge in [-0.15, -0.1) is 37.1 Å². The number of alkyl halides is 2. The molecule has 0 bridgehead atoms. The van der Waals surface area contributed by atoms with Gasteiger partial charge in [0.2, 0.25) is 5.13 Å². The summed E-state index contributed by atoms with van der Waals surface area (Å²) in [4.78, 5) is 21.2. The van der Waals surface area contributed by atoms with Gasteiger partial charge in [0.25, 0.3) is 12.3 Å². The molecule has 0 spiro atoms. The quantitative estimate of drug-likeness (QED) is 0.255. The van der Waals surface area contributed by atoms with Crippen LogP contribution in [0.4, 0.5) is 13.9 Å². The summed E-state index contributed by atoms with van der Waals surface area (Å²) in [5, 5.41) is 14.3. The molecule has 0 atom stereocenters. The zero-order chi connectivity index (χ0) is 29.1. The van der Waals surface area contributed by atoms with E-state index >= 15 is 0 Å². The first-order chi connectivity index (χ1) is 19.2. The average molecular weight is 571 g/mol. The number of ether oxygens (including phenoxy) is 1. The summed E-state index contributed by atoms with van der Waals surface area (Å²) in [6.45, 7) is 12.3. The smallest absolute Gasteiger partial charge is 0.494 e. The number of hydrogen-bond donors (Lipinski definition) is 2. The molecule has 3 heterocycles. The normalized spacial score (nSPS) is 11.5. The number of methoxy groups -OCH3 is 1. The van der Waals surface area contributed by atoms with Gasteiger partial charge < -0.3 is 23.9 Å². The summed E-state index contributed by atoms with van der Waals surface area (Å²) in [6, 6.07) is 2.76. The summed E-state index contributed by atoms with van der Waals surface area (Å²) in [6.07, 6.45) is 1.92. The van der Waals surface area contributed by atoms with E-state index in [9.17, 15) is 13.6 Å². The van der Waals surface area contributed by atoms with Crippen LogP contribution in [0.15, 0.2) is 24.5 Å². The first kappa shape index (κ1) is 33.7. The zero-order valence-electron chi connectivity index (χ0n) is 23.5. The number of carbonyl (C=O) groups excluding carboxylic acids is 1. The Kier molecular flexibility index (Phi) is 13.8. The van der Waals surface area contributed by atoms with E-state index in [4.69, 9.17) is 4.74 Å². The van der Waals surface area contributed by atoms with E-state index in [1.807, 2.05) is 13.8 Å². The number of hydrogen-bond acceptors (Lipinski definition) is 8. The average Bonchev–Trinajstić information content (AvgIpc) is 3.68. The Hall–Kier alpha value is -3.46. The third-order valence-electron chi connectivity index (χ3n) is 5.17. The maximum atomic E-state index is 13.4. The maximum absolute atomic E-state index is 13.4. The van der Waals surface area contributed by atoms with E-state index in [1.165, 1.54) is 25.6 Å². The number of rotatable bonds is 7. The Morgan fingerprint density at radius 3 is 2.46 bits per heavy atom. The van der Waals surface area contributed by atoms with Crippen LogP contribution in [0.3, 0.4) is 0 Å². The molecule has 1 amide bonds. The molecule has 1 aliphatic carbocycles. The van der Waals surface area contributed by atoms with Crippen LogP contribution in [0, 0.1) is 49.4 Å². The van der Waals surface area contributed by atoms with Crippen LogP contribution < -0.4 is 34.2 Å². The molecule has 12 heteroatoms. The molecule has 8 nitrogen and oxygen atoms in total. The van der Waals surface area contributed by atoms with Crippen molar-refractivity contribution < 1.29 is 37.2 Å². The minimum Gasteiger partial charge on any atom is -0.494 e. The minimum atomic E-state index is -2.80. The van der Waals surface area contributed by atoms with E-state index < -0.39 is 18.0 Å². The van der Waals surface area contributed by atoms with Crippen molar-refractivity contribution in [3.8, 4) is 40.6 Å². The largest absolute Gasteiger partial charge is 1.00 e. The van der Waals surface area contributed by atoms with Crippen molar-refractivity contribution in [3.63, 3.8) is 0 Å². The molecule has 1 aliphatic rings. The predicted octanol–water partition coefficient (Wildman–Crippen LogP) is 2.17. The molecular weight excluding hydrogens is 541 g/mol. The van der Waals surface area contributed by atoms with E-state index in [2.05, 4.69) is 68.3 Å². The molecule has 210 valence electrons. The van der Waals surface area contributed by atoms with Crippen LogP contribution in [0.2, 0.25) is 0 Å². The first-order valence-corrected chi connectivity index (χ1v) is 13.2. The summed E-state index contributed by atoms with van der Waals surface area (Å²) >= 11 is 1.15. The van der Waals surface area contributed by atoms with Gasteiger partial charge in [0.05, 0.1) is 18.9 Å². The SMILES string of the molecule is COc1cnc(C(F)F)cc1-c1cc(C#C[C-](C)C)ncc1C(=O)Nc1nnc(C#CC2CC2)s1.[CH2-]CNC[CH2-].[Li+]. The van der Waals surface area contributed by atoms with Crippen LogP contribution in [0.5, 0.6) is 5.75 Å². The molecule has 0 unspecified atom stereocenters. The van der Waals surface area contributed by atoms with E-state index in [0.29, 0.717) is 22.2 Å². The zero-order valence-corrected chi connectivity index (χ0v) is 24.3. The van der Waals surface area contributed by atoms with Gasteiger partial charge >= 0.3 is 18.9 Å². The summed E-state index contributed by atoms with van der Waals surface area (Å²) in [7, 11) is 1.39. The molecule has 3 aromatic rings. The van der Waals surface area contributed by atoms with Crippen molar-refractivity contribution in [3.05, 3.63) is 66.3 Å². The second-order valence-electron chi connectivity index (χ2n) is 8.64. The number of halogens is 2. The summed E-state index contributed by atoms with van der Waals surface area (Å²) in [5.74, 6) is 12.8. The van der Waals surface area contributed by atoms with Crippen molar-refractivity contribution in [1.82, 2.24) is 25.5 Å². The molecule has 4 rings (SSSR count). The van der Waals surface area contributed by atoms with Gasteiger partial charge in [0.1, 0.15) is 11.4 Å². The van der Waals surface area contributed by atoms with Crippen LogP contribution in [-0.2, 0) is 0 Å². The van der Waals surface area contributed by atoms with Crippen LogP contribution in [-0.4, -0.2) is 46.3 Å². The van der Waals surface area contributed by atoms with Crippen LogP contribution in [0.25, 0.3) is 11.1 Å². The molecule has 1 fully saturated rings. The maximum Gasteiger partial charge on any atom is 1.00 e. The molecule has 3 aromatic heterocycles. The van der Waals surface area contributed by atoms with Crippen molar-refractivity contribution in [2.24, 2.45) is 5.92 Å². The summed E-state index contributed by atoms with van der Waals surface area (Å²) in [5.41, 5.74) is 0.619. The predicted molar refractivity (Wildman–Crippen MR) is 151 cm³/mol. The molecule has 0 saturated heterocycles. The van der Waals surface area contributed by atoms with Crippen molar-refractivity contribution in [1.29, 1.82) is 0 Å². The van der Waals surface area contributed by atoms with Gasteiger partial charge in [0.15, 0.2) is 5.01 Å². The second-order valence-corrected chi connectivity index (χ2v) is 9.61. The molecule has 41 heavy (non-hydrogen) atoms.